The molecule has 0 spiro atoms. The van der Waals surface area contributed by atoms with E-state index in [4.69, 9.17) is 5.11 Å². The lowest BCUT2D eigenvalue weighted by atomic mass is 10.1. The van der Waals surface area contributed by atoms with Gasteiger partial charge in [0.15, 0.2) is 0 Å². The molecule has 0 saturated heterocycles. The number of hydrogen-bond acceptors (Lipinski definition) is 3. The summed E-state index contributed by atoms with van der Waals surface area (Å²) in [7, 11) is 1.51. The largest absolute Gasteiger partial charge is 0.480 e. The van der Waals surface area contributed by atoms with Crippen LogP contribution in [0.5, 0.6) is 0 Å². The fourth-order valence-corrected chi connectivity index (χ4v) is 2.37. The van der Waals surface area contributed by atoms with E-state index >= 15 is 0 Å². The standard InChI is InChI=1S/C16H18N2O4/c1-17-10-13(9-5-8-12-6-3-2-4-7-12)15(21)18(16(17)22)11-14(19)20/h2-4,6-7,10H,5,8-9,11H2,1H3,(H,19,20). The van der Waals surface area contributed by atoms with Crippen molar-refractivity contribution in [2.24, 2.45) is 7.05 Å². The molecule has 1 aromatic carbocycles. The molecule has 0 bridgehead atoms. The van der Waals surface area contributed by atoms with Crippen LogP contribution < -0.4 is 11.2 Å². The van der Waals surface area contributed by atoms with Gasteiger partial charge in [0.1, 0.15) is 6.54 Å². The van der Waals surface area contributed by atoms with Gasteiger partial charge >= 0.3 is 11.7 Å². The molecule has 0 saturated carbocycles. The van der Waals surface area contributed by atoms with Gasteiger partial charge in [0.05, 0.1) is 0 Å². The summed E-state index contributed by atoms with van der Waals surface area (Å²) >= 11 is 0. The lowest BCUT2D eigenvalue weighted by molar-refractivity contribution is -0.137. The quantitative estimate of drug-likeness (QED) is 0.856. The van der Waals surface area contributed by atoms with Gasteiger partial charge in [-0.25, -0.2) is 9.36 Å². The molecule has 6 nitrogen and oxygen atoms in total. The zero-order valence-corrected chi connectivity index (χ0v) is 12.4. The monoisotopic (exact) mass is 302 g/mol. The highest BCUT2D eigenvalue weighted by molar-refractivity contribution is 5.66. The molecule has 22 heavy (non-hydrogen) atoms. The smallest absolute Gasteiger partial charge is 0.331 e. The minimum atomic E-state index is -1.21. The number of carboxylic acids is 1. The molecule has 0 fully saturated rings. The van der Waals surface area contributed by atoms with E-state index in [1.165, 1.54) is 23.4 Å². The van der Waals surface area contributed by atoms with Crippen LogP contribution in [0.1, 0.15) is 17.5 Å². The third-order valence-corrected chi connectivity index (χ3v) is 3.45. The summed E-state index contributed by atoms with van der Waals surface area (Å²) in [5.74, 6) is -1.21. The lowest BCUT2D eigenvalue weighted by Gasteiger charge is -2.08. The molecule has 2 aromatic rings. The average molecular weight is 302 g/mol. The minimum absolute atomic E-state index is 0.458. The lowest BCUT2D eigenvalue weighted by Crippen LogP contribution is -2.42. The molecular weight excluding hydrogens is 284 g/mol. The summed E-state index contributed by atoms with van der Waals surface area (Å²) in [4.78, 5) is 34.8. The van der Waals surface area contributed by atoms with Crippen LogP contribution in [0.2, 0.25) is 0 Å². The first-order valence-electron chi connectivity index (χ1n) is 7.04. The van der Waals surface area contributed by atoms with Gasteiger partial charge in [0, 0.05) is 18.8 Å². The van der Waals surface area contributed by atoms with Crippen molar-refractivity contribution in [1.82, 2.24) is 9.13 Å². The maximum Gasteiger partial charge on any atom is 0.331 e. The molecule has 6 heteroatoms. The summed E-state index contributed by atoms with van der Waals surface area (Å²) < 4.78 is 2.02. The van der Waals surface area contributed by atoms with E-state index in [0.717, 1.165) is 17.4 Å². The zero-order valence-electron chi connectivity index (χ0n) is 12.4. The number of aryl methyl sites for hydroxylation is 3. The van der Waals surface area contributed by atoms with Crippen LogP contribution in [0.15, 0.2) is 46.1 Å². The summed E-state index contributed by atoms with van der Waals surface area (Å²) in [5, 5.41) is 8.81. The molecule has 0 unspecified atom stereocenters. The van der Waals surface area contributed by atoms with Crippen LogP contribution >= 0.6 is 0 Å². The van der Waals surface area contributed by atoms with Crippen LogP contribution in [0.25, 0.3) is 0 Å². The first kappa shape index (κ1) is 15.8. The number of benzene rings is 1. The molecule has 0 atom stereocenters. The third kappa shape index (κ3) is 3.72. The van der Waals surface area contributed by atoms with Gasteiger partial charge in [-0.1, -0.05) is 30.3 Å². The highest BCUT2D eigenvalue weighted by Crippen LogP contribution is 2.05. The third-order valence-electron chi connectivity index (χ3n) is 3.45. The van der Waals surface area contributed by atoms with Crippen LogP contribution in [-0.2, 0) is 31.2 Å². The Morgan fingerprint density at radius 2 is 1.82 bits per heavy atom. The molecule has 0 aliphatic carbocycles. The summed E-state index contributed by atoms with van der Waals surface area (Å²) in [5.41, 5.74) is 0.509. The number of aromatic nitrogens is 2. The van der Waals surface area contributed by atoms with Crippen LogP contribution in [0.4, 0.5) is 0 Å². The maximum atomic E-state index is 12.2. The number of hydrogen-bond donors (Lipinski definition) is 1. The van der Waals surface area contributed by atoms with Crippen LogP contribution in [0, 0.1) is 0 Å². The van der Waals surface area contributed by atoms with E-state index < -0.39 is 23.8 Å². The van der Waals surface area contributed by atoms with Gasteiger partial charge < -0.3 is 9.67 Å². The van der Waals surface area contributed by atoms with E-state index in [2.05, 4.69) is 0 Å². The van der Waals surface area contributed by atoms with Crippen LogP contribution in [-0.4, -0.2) is 20.2 Å². The molecule has 0 amide bonds. The fraction of sp³-hybridized carbons (Fsp3) is 0.312. The molecular formula is C16H18N2O4. The predicted octanol–water partition coefficient (Wildman–Crippen LogP) is 0.807. The van der Waals surface area contributed by atoms with Crippen molar-refractivity contribution >= 4 is 5.97 Å². The minimum Gasteiger partial charge on any atom is -0.480 e. The van der Waals surface area contributed by atoms with Crippen molar-refractivity contribution in [3.8, 4) is 0 Å². The first-order chi connectivity index (χ1) is 10.5. The average Bonchev–Trinajstić information content (AvgIpc) is 2.49. The van der Waals surface area contributed by atoms with Gasteiger partial charge in [-0.2, -0.15) is 0 Å². The Hall–Kier alpha value is -2.63. The van der Waals surface area contributed by atoms with Crippen molar-refractivity contribution in [1.29, 1.82) is 0 Å². The van der Waals surface area contributed by atoms with Gasteiger partial charge in [-0.05, 0) is 24.8 Å². The Bertz CT molecular complexity index is 775. The van der Waals surface area contributed by atoms with Gasteiger partial charge in [-0.15, -0.1) is 0 Å². The van der Waals surface area contributed by atoms with Crippen molar-refractivity contribution in [3.05, 3.63) is 68.5 Å². The van der Waals surface area contributed by atoms with E-state index in [9.17, 15) is 14.4 Å². The second kappa shape index (κ2) is 6.89. The van der Waals surface area contributed by atoms with Gasteiger partial charge in [0.25, 0.3) is 5.56 Å². The Labute approximate surface area is 127 Å². The molecule has 0 aliphatic heterocycles. The highest BCUT2D eigenvalue weighted by Gasteiger charge is 2.12. The topological polar surface area (TPSA) is 81.3 Å². The van der Waals surface area contributed by atoms with E-state index in [-0.39, 0.29) is 0 Å². The normalized spacial score (nSPS) is 10.6. The van der Waals surface area contributed by atoms with E-state index in [0.29, 0.717) is 12.0 Å². The molecule has 0 radical (unpaired) electrons. The van der Waals surface area contributed by atoms with E-state index in [1.54, 1.807) is 0 Å². The summed E-state index contributed by atoms with van der Waals surface area (Å²) in [6.07, 6.45) is 3.57. The maximum absolute atomic E-state index is 12.2. The Balaban J connectivity index is 2.17. The second-order valence-corrected chi connectivity index (χ2v) is 5.17. The number of rotatable bonds is 6. The van der Waals surface area contributed by atoms with E-state index in [1.807, 2.05) is 30.3 Å². The van der Waals surface area contributed by atoms with Crippen LogP contribution in [0.3, 0.4) is 0 Å². The number of carbonyl (C=O) groups is 1. The number of nitrogens with zero attached hydrogens (tertiary/aromatic N) is 2. The first-order valence-corrected chi connectivity index (χ1v) is 7.04. The molecule has 116 valence electrons. The van der Waals surface area contributed by atoms with Gasteiger partial charge in [-0.3, -0.25) is 9.59 Å². The predicted molar refractivity (Wildman–Crippen MR) is 82.0 cm³/mol. The zero-order chi connectivity index (χ0) is 16.1. The molecule has 2 rings (SSSR count). The van der Waals surface area contributed by atoms with Crippen molar-refractivity contribution < 1.29 is 9.90 Å². The Kier molecular flexibility index (Phi) is 4.93. The summed E-state index contributed by atoms with van der Waals surface area (Å²) in [6.45, 7) is -0.613. The van der Waals surface area contributed by atoms with Crippen molar-refractivity contribution in [2.45, 2.75) is 25.8 Å². The Morgan fingerprint density at radius 1 is 1.14 bits per heavy atom. The van der Waals surface area contributed by atoms with Crippen molar-refractivity contribution in [2.75, 3.05) is 0 Å². The van der Waals surface area contributed by atoms with Crippen molar-refractivity contribution in [3.63, 3.8) is 0 Å². The SMILES string of the molecule is Cn1cc(CCCc2ccccc2)c(=O)n(CC(=O)O)c1=O. The number of aliphatic carboxylic acids is 1. The number of carboxylic acid groups (broad SMARTS) is 1. The second-order valence-electron chi connectivity index (χ2n) is 5.17. The molecule has 1 N–H and O–H groups in total. The molecule has 1 heterocycles. The molecule has 0 aliphatic rings. The molecule has 1 aromatic heterocycles. The highest BCUT2D eigenvalue weighted by atomic mass is 16.4. The summed E-state index contributed by atoms with van der Waals surface area (Å²) in [6, 6.07) is 9.90. The fourth-order valence-electron chi connectivity index (χ4n) is 2.37. The van der Waals surface area contributed by atoms with Gasteiger partial charge in [0.2, 0.25) is 0 Å². The Morgan fingerprint density at radius 3 is 2.45 bits per heavy atom.